The van der Waals surface area contributed by atoms with Gasteiger partial charge in [0, 0.05) is 63.3 Å². The van der Waals surface area contributed by atoms with Crippen LogP contribution in [0, 0.1) is 0 Å². The number of para-hydroxylation sites is 6. The van der Waals surface area contributed by atoms with Crippen LogP contribution in [-0.2, 0) is 0 Å². The van der Waals surface area contributed by atoms with E-state index in [1.54, 1.807) is 0 Å². The number of hydrogen-bond acceptors (Lipinski definition) is 4. The zero-order valence-corrected chi connectivity index (χ0v) is 26.9. The van der Waals surface area contributed by atoms with Gasteiger partial charge in [-0.2, -0.15) is 0 Å². The molecule has 0 aliphatic carbocycles. The Kier molecular flexibility index (Phi) is 2.64. The molecule has 0 atom stereocenters. The highest BCUT2D eigenvalue weighted by atomic mass is 16.5. The van der Waals surface area contributed by atoms with E-state index in [1.165, 1.54) is 0 Å². The highest BCUT2D eigenvalue weighted by Gasteiger charge is 2.50. The van der Waals surface area contributed by atoms with E-state index in [1.807, 2.05) is 0 Å². The van der Waals surface area contributed by atoms with E-state index in [4.69, 9.17) is 30.8 Å². The molecule has 0 fully saturated rings. The van der Waals surface area contributed by atoms with Gasteiger partial charge in [-0.1, -0.05) is 115 Å². The lowest BCUT2D eigenvalue weighted by molar-refractivity contribution is 0.488. The van der Waals surface area contributed by atoms with E-state index in [0.717, 1.165) is 9.80 Å². The summed E-state index contributed by atoms with van der Waals surface area (Å²) in [5.41, 5.74) is -9.94. The molecular formula is C48H31B2N3O. The van der Waals surface area contributed by atoms with Gasteiger partial charge in [0.2, 0.25) is 0 Å². The first kappa shape index (κ1) is 12.6. The van der Waals surface area contributed by atoms with E-state index in [9.17, 15) is 16.4 Å². The number of nitrogens with zero attached hydrogens (tertiary/aromatic N) is 3. The smallest absolute Gasteiger partial charge is 0.256 e. The average Bonchev–Trinajstić information content (AvgIpc) is 0.675. The fourth-order valence-corrected chi connectivity index (χ4v) is 7.57. The van der Waals surface area contributed by atoms with Crippen LogP contribution in [0.1, 0.15) is 42.5 Å². The zero-order valence-electron chi connectivity index (χ0n) is 57.9. The molecule has 0 saturated carbocycles. The molecule has 0 N–H and O–H groups in total. The largest absolute Gasteiger partial charge is 0.458 e. The third-order valence-electron chi connectivity index (χ3n) is 9.53. The third kappa shape index (κ3) is 4.05. The topological polar surface area (TPSA) is 19.0 Å². The summed E-state index contributed by atoms with van der Waals surface area (Å²) in [6.45, 7) is -3.89. The van der Waals surface area contributed by atoms with Crippen molar-refractivity contribution in [3.05, 3.63) is 187 Å². The highest BCUT2D eigenvalue weighted by molar-refractivity contribution is 7.04. The molecule has 250 valence electrons. The van der Waals surface area contributed by atoms with Crippen LogP contribution in [0.15, 0.2) is 187 Å². The van der Waals surface area contributed by atoms with Crippen molar-refractivity contribution in [1.29, 1.82) is 0 Å². The molecule has 4 aliphatic heterocycles. The summed E-state index contributed by atoms with van der Waals surface area (Å²) >= 11 is 0. The molecule has 4 heterocycles. The van der Waals surface area contributed by atoms with Gasteiger partial charge in [-0.15, -0.1) is 0 Å². The van der Waals surface area contributed by atoms with Crippen LogP contribution in [0.3, 0.4) is 0 Å². The lowest BCUT2D eigenvalue weighted by Crippen LogP contribution is -2.67. The first-order valence-electron chi connectivity index (χ1n) is 31.7. The molecule has 4 aliphatic rings. The SMILES string of the molecule is [2H]c1c([2H])c([2H])c(N(c2c([2H])c([2H])c([2H])c([2H])c2[2H])c2c([2H])c([2H])c3c(c2[2H])Oc2c([2H])c4c5c6c2B3c2c([2H])c([2H])c([2H])c([2H])c2N6c2c([2H])c([2H])c([2H])c([2H])c2B5c2c([2H])c([2H])c([2H])c([2H])c2N4c2c([2H])c([2H])c([2H])c([2H])c2[2H])c([2H])c1[2H]. The first-order valence-corrected chi connectivity index (χ1v) is 16.2. The molecule has 12 rings (SSSR count). The molecule has 6 heteroatoms. The third-order valence-corrected chi connectivity index (χ3v) is 9.53. The molecule has 8 aromatic carbocycles. The fourth-order valence-electron chi connectivity index (χ4n) is 7.57. The van der Waals surface area contributed by atoms with Crippen molar-refractivity contribution in [2.75, 3.05) is 14.7 Å². The second kappa shape index (κ2) is 11.3. The lowest BCUT2D eigenvalue weighted by atomic mass is 9.29. The number of rotatable bonds is 4. The van der Waals surface area contributed by atoms with Crippen LogP contribution in [0.2, 0.25) is 0 Å². The van der Waals surface area contributed by atoms with Crippen LogP contribution < -0.4 is 52.2 Å². The summed E-state index contributed by atoms with van der Waals surface area (Å²) < 4.78 is 291. The van der Waals surface area contributed by atoms with Gasteiger partial charge in [-0.05, 0) is 93.2 Å². The van der Waals surface area contributed by atoms with E-state index in [2.05, 4.69) is 0 Å². The summed E-state index contributed by atoms with van der Waals surface area (Å²) in [4.78, 5) is 2.17. The van der Waals surface area contributed by atoms with Crippen molar-refractivity contribution in [2.24, 2.45) is 0 Å². The Morgan fingerprint density at radius 1 is 0.407 bits per heavy atom. The molecule has 0 bridgehead atoms. The maximum Gasteiger partial charge on any atom is 0.256 e. The number of benzene rings is 8. The normalized spacial score (nSPS) is 21.6. The van der Waals surface area contributed by atoms with Crippen molar-refractivity contribution in [1.82, 2.24) is 0 Å². The molecule has 0 spiro atoms. The monoisotopic (exact) mass is 718 g/mol. The Labute approximate surface area is 358 Å². The highest BCUT2D eigenvalue weighted by Crippen LogP contribution is 2.48. The van der Waals surface area contributed by atoms with Gasteiger partial charge in [0.15, 0.2) is 0 Å². The minimum absolute atomic E-state index is 0.394. The summed E-state index contributed by atoms with van der Waals surface area (Å²) in [5, 5.41) is 0. The fraction of sp³-hybridized carbons (Fsp3) is 0. The number of fused-ring (bicyclic) bond motifs is 10. The number of ether oxygens (including phenoxy) is 1. The predicted molar refractivity (Wildman–Crippen MR) is 226 cm³/mol. The minimum Gasteiger partial charge on any atom is -0.458 e. The van der Waals surface area contributed by atoms with Crippen LogP contribution in [0.25, 0.3) is 0 Å². The molecule has 8 aromatic rings. The first-order chi connectivity index (χ1) is 39.7. The van der Waals surface area contributed by atoms with Crippen LogP contribution in [0.5, 0.6) is 11.5 Å². The average molecular weight is 719 g/mol. The summed E-state index contributed by atoms with van der Waals surface area (Å²) in [6, 6.07) is -30.9. The van der Waals surface area contributed by atoms with Crippen LogP contribution in [-0.4, -0.2) is 13.4 Å². The van der Waals surface area contributed by atoms with Crippen LogP contribution in [0.4, 0.5) is 51.2 Å². The number of hydrogen-bond donors (Lipinski definition) is 0. The molecule has 0 unspecified atom stereocenters. The lowest BCUT2D eigenvalue weighted by Gasteiger charge is -2.49. The van der Waals surface area contributed by atoms with Gasteiger partial charge in [-0.3, -0.25) is 0 Å². The Balaban J connectivity index is 1.33. The van der Waals surface area contributed by atoms with Gasteiger partial charge in [0.1, 0.15) is 11.5 Å². The molecule has 54 heavy (non-hydrogen) atoms. The van der Waals surface area contributed by atoms with Gasteiger partial charge in [-0.25, -0.2) is 0 Å². The second-order valence-electron chi connectivity index (χ2n) is 12.1. The predicted octanol–water partition coefficient (Wildman–Crippen LogP) is 8.17. The van der Waals surface area contributed by atoms with Crippen molar-refractivity contribution < 1.29 is 47.2 Å². The molecular weight excluding hydrogens is 656 g/mol. The van der Waals surface area contributed by atoms with Gasteiger partial charge in [0.25, 0.3) is 13.4 Å². The maximum atomic E-state index is 10.5. The minimum atomic E-state index is -1.99. The molecule has 0 amide bonds. The van der Waals surface area contributed by atoms with Gasteiger partial charge in [0.05, 0.1) is 42.5 Å². The molecule has 0 saturated heterocycles. The maximum absolute atomic E-state index is 10.5. The molecule has 4 nitrogen and oxygen atoms in total. The summed E-state index contributed by atoms with van der Waals surface area (Å²) in [5.74, 6) is -1.72. The summed E-state index contributed by atoms with van der Waals surface area (Å²) in [7, 11) is 0. The Morgan fingerprint density at radius 3 is 1.50 bits per heavy atom. The Hall–Kier alpha value is -6.91. The summed E-state index contributed by atoms with van der Waals surface area (Å²) in [6.07, 6.45) is 0. The van der Waals surface area contributed by atoms with E-state index >= 15 is 0 Å². The zero-order chi connectivity index (χ0) is 62.3. The Bertz CT molecular complexity index is 4440. The standard InChI is InChI=1S/C48H31B2N3O/c1-4-16-32(17-5-1)51(33-18-6-2-7-19-33)35-28-29-39-44(30-35)54-45-31-43-46-48-47(45)50(39)38-24-12-15-27-42(38)53(48)41-26-14-11-23-37(41)49(46)36-22-10-13-25-40(36)52(43)34-20-8-3-9-21-34/h1-31H/i1D,2D,3D,4D,5D,6D,7D,8D,9D,10D,11D,12D,13D,14D,15D,16D,17D,18D,19D,20D,21D,22D,23D,24D,25D,26D,27D,28D,29D,30D,31D. The quantitative estimate of drug-likeness (QED) is 0.171. The molecule has 0 radical (unpaired) electrons. The second-order valence-corrected chi connectivity index (χ2v) is 12.1. The molecule has 0 aromatic heterocycles. The van der Waals surface area contributed by atoms with Gasteiger partial charge < -0.3 is 19.4 Å². The van der Waals surface area contributed by atoms with E-state index < -0.39 is 296 Å². The van der Waals surface area contributed by atoms with Crippen molar-refractivity contribution in [3.63, 3.8) is 0 Å². The Morgan fingerprint density at radius 2 is 0.907 bits per heavy atom. The van der Waals surface area contributed by atoms with Crippen molar-refractivity contribution >= 4 is 97.4 Å². The van der Waals surface area contributed by atoms with Crippen LogP contribution >= 0.6 is 0 Å². The number of anilines is 9. The van der Waals surface area contributed by atoms with Crippen molar-refractivity contribution in [2.45, 2.75) is 0 Å². The van der Waals surface area contributed by atoms with E-state index in [-0.39, 0.29) is 0 Å². The van der Waals surface area contributed by atoms with Gasteiger partial charge >= 0.3 is 0 Å². The van der Waals surface area contributed by atoms with Crippen molar-refractivity contribution in [3.8, 4) is 11.5 Å². The van der Waals surface area contributed by atoms with E-state index in [0.29, 0.717) is 4.90 Å².